The van der Waals surface area contributed by atoms with E-state index < -0.39 is 6.04 Å². The summed E-state index contributed by atoms with van der Waals surface area (Å²) < 4.78 is 5.90. The minimum Gasteiger partial charge on any atom is -0.484 e. The summed E-state index contributed by atoms with van der Waals surface area (Å²) >= 11 is 12.5. The number of nitrogens with zero attached hydrogens (tertiary/aromatic N) is 1. The number of carbonyl (C=O) groups excluding carboxylic acids is 2. The molecular weight excluding hydrogens is 507 g/mol. The number of carbonyl (C=O) groups is 2. The standard InChI is InChI=1S/C30H34Cl2N2O3/c1-4-5-14-33-30(36)27(18-23-10-7-6-8-11-23)34(19-24-12-9-13-25(31)17-24)28(35)20-37-26-15-21(2)29(32)22(3)16-26/h6-13,15-17,27H,4-5,14,18-20H2,1-3H3,(H,33,36)/t27-/m0/s1. The molecule has 3 aromatic rings. The van der Waals surface area contributed by atoms with Crippen LogP contribution < -0.4 is 10.1 Å². The van der Waals surface area contributed by atoms with Gasteiger partial charge in [0, 0.05) is 29.6 Å². The quantitative estimate of drug-likeness (QED) is 0.265. The summed E-state index contributed by atoms with van der Waals surface area (Å²) in [6.45, 7) is 6.42. The SMILES string of the molecule is CCCCNC(=O)[C@H](Cc1ccccc1)N(Cc1cccc(Cl)c1)C(=O)COc1cc(C)c(Cl)c(C)c1. The molecule has 0 spiro atoms. The van der Waals surface area contributed by atoms with E-state index in [1.807, 2.05) is 74.5 Å². The molecule has 7 heteroatoms. The first-order chi connectivity index (χ1) is 17.8. The minimum atomic E-state index is -0.719. The number of nitrogens with one attached hydrogen (secondary N) is 1. The summed E-state index contributed by atoms with van der Waals surface area (Å²) in [5.41, 5.74) is 3.54. The molecule has 3 aromatic carbocycles. The van der Waals surface area contributed by atoms with Crippen molar-refractivity contribution in [1.29, 1.82) is 0 Å². The first-order valence-electron chi connectivity index (χ1n) is 12.5. The lowest BCUT2D eigenvalue weighted by Gasteiger charge is -2.31. The van der Waals surface area contributed by atoms with Gasteiger partial charge in [-0.3, -0.25) is 9.59 Å². The predicted molar refractivity (Wildman–Crippen MR) is 150 cm³/mol. The van der Waals surface area contributed by atoms with Crippen LogP contribution in [0.3, 0.4) is 0 Å². The van der Waals surface area contributed by atoms with Crippen molar-refractivity contribution in [2.75, 3.05) is 13.2 Å². The maximum absolute atomic E-state index is 13.7. The Morgan fingerprint density at radius 1 is 0.946 bits per heavy atom. The molecular formula is C30H34Cl2N2O3. The van der Waals surface area contributed by atoms with Crippen molar-refractivity contribution in [3.05, 3.63) is 99.0 Å². The third-order valence-electron chi connectivity index (χ3n) is 6.11. The molecule has 1 atom stereocenters. The molecule has 0 bridgehead atoms. The van der Waals surface area contributed by atoms with Crippen molar-refractivity contribution in [3.8, 4) is 5.75 Å². The molecule has 0 aliphatic heterocycles. The van der Waals surface area contributed by atoms with Gasteiger partial charge in [-0.2, -0.15) is 0 Å². The fourth-order valence-corrected chi connectivity index (χ4v) is 4.43. The van der Waals surface area contributed by atoms with E-state index in [4.69, 9.17) is 27.9 Å². The lowest BCUT2D eigenvalue weighted by molar-refractivity contribution is -0.142. The normalized spacial score (nSPS) is 11.6. The van der Waals surface area contributed by atoms with Crippen LogP contribution in [0.25, 0.3) is 0 Å². The van der Waals surface area contributed by atoms with Crippen LogP contribution in [0.5, 0.6) is 5.75 Å². The zero-order valence-corrected chi connectivity index (χ0v) is 23.1. The molecule has 0 heterocycles. The highest BCUT2D eigenvalue weighted by Gasteiger charge is 2.30. The van der Waals surface area contributed by atoms with E-state index in [2.05, 4.69) is 12.2 Å². The van der Waals surface area contributed by atoms with E-state index >= 15 is 0 Å². The number of benzene rings is 3. The Balaban J connectivity index is 1.90. The van der Waals surface area contributed by atoms with Crippen molar-refractivity contribution < 1.29 is 14.3 Å². The number of amides is 2. The van der Waals surface area contributed by atoms with Gasteiger partial charge < -0.3 is 15.0 Å². The Kier molecular flexibility index (Phi) is 10.8. The summed E-state index contributed by atoms with van der Waals surface area (Å²) in [5, 5.41) is 4.26. The van der Waals surface area contributed by atoms with Crippen molar-refractivity contribution >= 4 is 35.0 Å². The van der Waals surface area contributed by atoms with Crippen LogP contribution in [-0.4, -0.2) is 35.9 Å². The largest absolute Gasteiger partial charge is 0.484 e. The highest BCUT2D eigenvalue weighted by Crippen LogP contribution is 2.26. The lowest BCUT2D eigenvalue weighted by Crippen LogP contribution is -2.51. The topological polar surface area (TPSA) is 58.6 Å². The molecule has 0 aromatic heterocycles. The van der Waals surface area contributed by atoms with Crippen LogP contribution in [0.1, 0.15) is 42.0 Å². The maximum Gasteiger partial charge on any atom is 0.261 e. The summed E-state index contributed by atoms with van der Waals surface area (Å²) in [6, 6.07) is 19.9. The molecule has 0 aliphatic carbocycles. The number of unbranched alkanes of at least 4 members (excludes halogenated alkanes) is 1. The molecule has 0 saturated heterocycles. The number of aryl methyl sites for hydroxylation is 2. The van der Waals surface area contributed by atoms with Gasteiger partial charge in [0.05, 0.1) is 0 Å². The van der Waals surface area contributed by atoms with Gasteiger partial charge in [-0.25, -0.2) is 0 Å². The Hall–Kier alpha value is -3.02. The number of ether oxygens (including phenoxy) is 1. The van der Waals surface area contributed by atoms with Gasteiger partial charge in [-0.05, 0) is 66.8 Å². The zero-order valence-electron chi connectivity index (χ0n) is 21.6. The van der Waals surface area contributed by atoms with E-state index in [9.17, 15) is 9.59 Å². The Bertz CT molecular complexity index is 1180. The highest BCUT2D eigenvalue weighted by molar-refractivity contribution is 6.32. The number of halogens is 2. The van der Waals surface area contributed by atoms with Gasteiger partial charge in [0.1, 0.15) is 11.8 Å². The second kappa shape index (κ2) is 14.1. The molecule has 196 valence electrons. The fourth-order valence-electron chi connectivity index (χ4n) is 4.11. The molecule has 0 saturated carbocycles. The predicted octanol–water partition coefficient (Wildman–Crippen LogP) is 6.55. The van der Waals surface area contributed by atoms with Crippen molar-refractivity contribution in [1.82, 2.24) is 10.2 Å². The second-order valence-electron chi connectivity index (χ2n) is 9.16. The van der Waals surface area contributed by atoms with E-state index in [1.54, 1.807) is 11.0 Å². The van der Waals surface area contributed by atoms with E-state index in [0.29, 0.717) is 28.8 Å². The Morgan fingerprint density at radius 3 is 2.27 bits per heavy atom. The summed E-state index contributed by atoms with van der Waals surface area (Å²) in [5.74, 6) is 0.0742. The summed E-state index contributed by atoms with van der Waals surface area (Å²) in [6.07, 6.45) is 2.21. The Labute approximate surface area is 229 Å². The van der Waals surface area contributed by atoms with Crippen molar-refractivity contribution in [2.24, 2.45) is 0 Å². The Morgan fingerprint density at radius 2 is 1.62 bits per heavy atom. The lowest BCUT2D eigenvalue weighted by atomic mass is 10.0. The second-order valence-corrected chi connectivity index (χ2v) is 9.98. The minimum absolute atomic E-state index is 0.189. The molecule has 0 unspecified atom stereocenters. The average molecular weight is 542 g/mol. The molecule has 0 aliphatic rings. The molecule has 1 N–H and O–H groups in total. The van der Waals surface area contributed by atoms with Crippen LogP contribution in [0.15, 0.2) is 66.7 Å². The number of rotatable bonds is 12. The molecule has 0 fully saturated rings. The highest BCUT2D eigenvalue weighted by atomic mass is 35.5. The van der Waals surface area contributed by atoms with Crippen LogP contribution in [0.4, 0.5) is 0 Å². The van der Waals surface area contributed by atoms with E-state index in [-0.39, 0.29) is 25.0 Å². The van der Waals surface area contributed by atoms with Gasteiger partial charge >= 0.3 is 0 Å². The van der Waals surface area contributed by atoms with Gasteiger partial charge in [0.2, 0.25) is 5.91 Å². The third kappa shape index (κ3) is 8.51. The number of hydrogen-bond donors (Lipinski definition) is 1. The summed E-state index contributed by atoms with van der Waals surface area (Å²) in [4.78, 5) is 28.7. The molecule has 5 nitrogen and oxygen atoms in total. The van der Waals surface area contributed by atoms with Crippen LogP contribution in [0.2, 0.25) is 10.0 Å². The van der Waals surface area contributed by atoms with Crippen LogP contribution >= 0.6 is 23.2 Å². The molecule has 3 rings (SSSR count). The smallest absolute Gasteiger partial charge is 0.261 e. The van der Waals surface area contributed by atoms with E-state index in [1.165, 1.54) is 0 Å². The van der Waals surface area contributed by atoms with E-state index in [0.717, 1.165) is 35.1 Å². The van der Waals surface area contributed by atoms with Crippen molar-refractivity contribution in [2.45, 2.75) is 52.6 Å². The first kappa shape index (κ1) is 28.5. The average Bonchev–Trinajstić information content (AvgIpc) is 2.88. The molecule has 2 amide bonds. The van der Waals surface area contributed by atoms with Gasteiger partial charge in [-0.1, -0.05) is 79.0 Å². The number of hydrogen-bond acceptors (Lipinski definition) is 3. The van der Waals surface area contributed by atoms with Gasteiger partial charge in [0.15, 0.2) is 6.61 Å². The van der Waals surface area contributed by atoms with Crippen LogP contribution in [-0.2, 0) is 22.6 Å². The monoisotopic (exact) mass is 540 g/mol. The first-order valence-corrected chi connectivity index (χ1v) is 13.3. The third-order valence-corrected chi connectivity index (χ3v) is 6.95. The van der Waals surface area contributed by atoms with Gasteiger partial charge in [0.25, 0.3) is 5.91 Å². The molecule has 37 heavy (non-hydrogen) atoms. The fraction of sp³-hybridized carbons (Fsp3) is 0.333. The van der Waals surface area contributed by atoms with Crippen LogP contribution in [0, 0.1) is 13.8 Å². The summed E-state index contributed by atoms with van der Waals surface area (Å²) in [7, 11) is 0. The zero-order chi connectivity index (χ0) is 26.8. The maximum atomic E-state index is 13.7. The molecule has 0 radical (unpaired) electrons. The van der Waals surface area contributed by atoms with Crippen molar-refractivity contribution in [3.63, 3.8) is 0 Å². The van der Waals surface area contributed by atoms with Gasteiger partial charge in [-0.15, -0.1) is 0 Å².